The quantitative estimate of drug-likeness (QED) is 0.547. The predicted octanol–water partition coefficient (Wildman–Crippen LogP) is 0.284. The molecule has 0 fully saturated rings. The van der Waals surface area contributed by atoms with Gasteiger partial charge in [0.15, 0.2) is 0 Å². The lowest BCUT2D eigenvalue weighted by atomic mass is 10.3. The van der Waals surface area contributed by atoms with Crippen molar-refractivity contribution in [3.05, 3.63) is 0 Å². The number of aliphatic hydroxyl groups excluding tert-OH is 1. The molecule has 0 radical (unpaired) electrons. The molecule has 0 bridgehead atoms. The van der Waals surface area contributed by atoms with Gasteiger partial charge < -0.3 is 19.3 Å². The molecule has 0 aliphatic carbocycles. The van der Waals surface area contributed by atoms with E-state index in [1.807, 2.05) is 18.7 Å². The SMILES string of the molecule is CCCN(CC(=O)OC)CC(O)COC(C)COC. The third kappa shape index (κ3) is 9.84. The number of nitrogens with zero attached hydrogens (tertiary/aromatic N) is 1. The first-order chi connectivity index (χ1) is 9.03. The van der Waals surface area contributed by atoms with Gasteiger partial charge in [-0.25, -0.2) is 0 Å². The number of carbonyl (C=O) groups is 1. The maximum Gasteiger partial charge on any atom is 0.319 e. The van der Waals surface area contributed by atoms with Gasteiger partial charge >= 0.3 is 5.97 Å². The average molecular weight is 277 g/mol. The van der Waals surface area contributed by atoms with E-state index in [0.717, 1.165) is 13.0 Å². The molecular weight excluding hydrogens is 250 g/mol. The summed E-state index contributed by atoms with van der Waals surface area (Å²) in [5, 5.41) is 9.89. The number of hydrogen-bond acceptors (Lipinski definition) is 6. The number of carbonyl (C=O) groups excluding carboxylic acids is 1. The van der Waals surface area contributed by atoms with Gasteiger partial charge in [0.2, 0.25) is 0 Å². The summed E-state index contributed by atoms with van der Waals surface area (Å²) in [6.45, 7) is 5.94. The molecule has 19 heavy (non-hydrogen) atoms. The van der Waals surface area contributed by atoms with Crippen LogP contribution in [0, 0.1) is 0 Å². The van der Waals surface area contributed by atoms with Crippen LogP contribution in [0.4, 0.5) is 0 Å². The van der Waals surface area contributed by atoms with Crippen molar-refractivity contribution in [1.82, 2.24) is 4.90 Å². The second kappa shape index (κ2) is 11.2. The molecular formula is C13H27NO5. The van der Waals surface area contributed by atoms with Gasteiger partial charge in [-0.3, -0.25) is 9.69 Å². The second-order valence-electron chi connectivity index (χ2n) is 4.56. The van der Waals surface area contributed by atoms with Crippen molar-refractivity contribution in [1.29, 1.82) is 0 Å². The molecule has 0 spiro atoms. The summed E-state index contributed by atoms with van der Waals surface area (Å²) in [5.41, 5.74) is 0. The lowest BCUT2D eigenvalue weighted by Crippen LogP contribution is -2.39. The van der Waals surface area contributed by atoms with Crippen LogP contribution < -0.4 is 0 Å². The Kier molecular flexibility index (Phi) is 10.8. The van der Waals surface area contributed by atoms with Crippen LogP contribution in [0.5, 0.6) is 0 Å². The van der Waals surface area contributed by atoms with Crippen molar-refractivity contribution in [2.75, 3.05) is 47.1 Å². The van der Waals surface area contributed by atoms with Crippen LogP contribution in [0.15, 0.2) is 0 Å². The normalized spacial score (nSPS) is 14.4. The van der Waals surface area contributed by atoms with E-state index in [1.165, 1.54) is 7.11 Å². The summed E-state index contributed by atoms with van der Waals surface area (Å²) in [4.78, 5) is 13.1. The molecule has 0 heterocycles. The number of rotatable bonds is 11. The lowest BCUT2D eigenvalue weighted by molar-refractivity contribution is -0.142. The van der Waals surface area contributed by atoms with Crippen molar-refractivity contribution in [2.24, 2.45) is 0 Å². The second-order valence-corrected chi connectivity index (χ2v) is 4.56. The van der Waals surface area contributed by atoms with E-state index in [-0.39, 0.29) is 25.2 Å². The van der Waals surface area contributed by atoms with Crippen LogP contribution in [0.2, 0.25) is 0 Å². The van der Waals surface area contributed by atoms with Gasteiger partial charge in [0, 0.05) is 13.7 Å². The zero-order valence-electron chi connectivity index (χ0n) is 12.4. The highest BCUT2D eigenvalue weighted by Gasteiger charge is 2.15. The van der Waals surface area contributed by atoms with Crippen LogP contribution >= 0.6 is 0 Å². The van der Waals surface area contributed by atoms with Gasteiger partial charge in [-0.1, -0.05) is 6.92 Å². The van der Waals surface area contributed by atoms with Crippen LogP contribution in [0.1, 0.15) is 20.3 Å². The summed E-state index contributed by atoms with van der Waals surface area (Å²) in [5.74, 6) is -0.297. The van der Waals surface area contributed by atoms with Crippen molar-refractivity contribution in [2.45, 2.75) is 32.5 Å². The summed E-state index contributed by atoms with van der Waals surface area (Å²) in [6.07, 6.45) is 0.223. The number of methoxy groups -OCH3 is 2. The molecule has 1 N–H and O–H groups in total. The molecule has 0 aromatic carbocycles. The minimum Gasteiger partial charge on any atom is -0.468 e. The minimum atomic E-state index is -0.629. The lowest BCUT2D eigenvalue weighted by Gasteiger charge is -2.24. The maximum absolute atomic E-state index is 11.2. The Morgan fingerprint density at radius 3 is 2.53 bits per heavy atom. The van der Waals surface area contributed by atoms with E-state index < -0.39 is 6.10 Å². The highest BCUT2D eigenvalue weighted by molar-refractivity contribution is 5.71. The van der Waals surface area contributed by atoms with E-state index in [9.17, 15) is 9.90 Å². The first-order valence-corrected chi connectivity index (χ1v) is 6.61. The fourth-order valence-corrected chi connectivity index (χ4v) is 1.71. The Morgan fingerprint density at radius 1 is 1.32 bits per heavy atom. The number of aliphatic hydroxyl groups is 1. The highest BCUT2D eigenvalue weighted by Crippen LogP contribution is 1.99. The molecule has 0 aromatic rings. The number of hydrogen-bond donors (Lipinski definition) is 1. The standard InChI is InChI=1S/C13H27NO5/c1-5-6-14(8-13(16)18-4)7-12(15)10-19-11(2)9-17-3/h11-12,15H,5-10H2,1-4H3. The molecule has 0 aliphatic rings. The smallest absolute Gasteiger partial charge is 0.319 e. The first-order valence-electron chi connectivity index (χ1n) is 6.61. The van der Waals surface area contributed by atoms with E-state index in [1.54, 1.807) is 7.11 Å². The molecule has 2 unspecified atom stereocenters. The van der Waals surface area contributed by atoms with Crippen molar-refractivity contribution in [3.63, 3.8) is 0 Å². The topological polar surface area (TPSA) is 68.2 Å². The van der Waals surface area contributed by atoms with Crippen molar-refractivity contribution < 1.29 is 24.1 Å². The molecule has 0 rings (SSSR count). The molecule has 6 heteroatoms. The number of ether oxygens (including phenoxy) is 3. The third-order valence-electron chi connectivity index (χ3n) is 2.56. The molecule has 0 aliphatic heterocycles. The summed E-state index contributed by atoms with van der Waals surface area (Å²) in [7, 11) is 2.97. The van der Waals surface area contributed by atoms with Gasteiger partial charge in [-0.2, -0.15) is 0 Å². The first kappa shape index (κ1) is 18.3. The molecule has 0 amide bonds. The molecule has 6 nitrogen and oxygen atoms in total. The largest absolute Gasteiger partial charge is 0.468 e. The molecule has 0 saturated carbocycles. The van der Waals surface area contributed by atoms with E-state index in [0.29, 0.717) is 13.2 Å². The van der Waals surface area contributed by atoms with Crippen LogP contribution in [-0.2, 0) is 19.0 Å². The van der Waals surface area contributed by atoms with Crippen LogP contribution in [0.3, 0.4) is 0 Å². The zero-order chi connectivity index (χ0) is 14.7. The van der Waals surface area contributed by atoms with Gasteiger partial charge in [-0.15, -0.1) is 0 Å². The van der Waals surface area contributed by atoms with Crippen LogP contribution in [0.25, 0.3) is 0 Å². The molecule has 0 saturated heterocycles. The number of esters is 1. The Balaban J connectivity index is 4.01. The minimum absolute atomic E-state index is 0.0557. The Labute approximate surface area is 115 Å². The van der Waals surface area contributed by atoms with E-state index >= 15 is 0 Å². The molecule has 2 atom stereocenters. The zero-order valence-corrected chi connectivity index (χ0v) is 12.4. The third-order valence-corrected chi connectivity index (χ3v) is 2.56. The molecule has 114 valence electrons. The van der Waals surface area contributed by atoms with Gasteiger partial charge in [0.1, 0.15) is 0 Å². The molecule has 0 aromatic heterocycles. The van der Waals surface area contributed by atoms with Gasteiger partial charge in [-0.05, 0) is 19.9 Å². The van der Waals surface area contributed by atoms with Crippen molar-refractivity contribution >= 4 is 5.97 Å². The Bertz CT molecular complexity index is 237. The highest BCUT2D eigenvalue weighted by atomic mass is 16.5. The monoisotopic (exact) mass is 277 g/mol. The predicted molar refractivity (Wildman–Crippen MR) is 72.0 cm³/mol. The summed E-state index contributed by atoms with van der Waals surface area (Å²) in [6, 6.07) is 0. The van der Waals surface area contributed by atoms with E-state index in [2.05, 4.69) is 4.74 Å². The maximum atomic E-state index is 11.2. The fourth-order valence-electron chi connectivity index (χ4n) is 1.71. The Hall–Kier alpha value is -0.690. The van der Waals surface area contributed by atoms with Crippen LogP contribution in [-0.4, -0.2) is 75.3 Å². The van der Waals surface area contributed by atoms with Gasteiger partial charge in [0.25, 0.3) is 0 Å². The van der Waals surface area contributed by atoms with Gasteiger partial charge in [0.05, 0.1) is 39.1 Å². The van der Waals surface area contributed by atoms with E-state index in [4.69, 9.17) is 9.47 Å². The van der Waals surface area contributed by atoms with Crippen molar-refractivity contribution in [3.8, 4) is 0 Å². The average Bonchev–Trinajstić information content (AvgIpc) is 2.36. The summed E-state index contributed by atoms with van der Waals surface area (Å²) < 4.78 is 15.0. The fraction of sp³-hybridized carbons (Fsp3) is 0.923. The Morgan fingerprint density at radius 2 is 2.00 bits per heavy atom. The summed E-state index contributed by atoms with van der Waals surface area (Å²) >= 11 is 0.